The van der Waals surface area contributed by atoms with E-state index in [2.05, 4.69) is 15.1 Å². The number of H-pyrrole nitrogens is 1. The number of primary amides is 1. The highest BCUT2D eigenvalue weighted by Crippen LogP contribution is 2.38. The molecule has 0 aliphatic carbocycles. The van der Waals surface area contributed by atoms with Gasteiger partial charge in [0.1, 0.15) is 5.65 Å². The predicted octanol–water partition coefficient (Wildman–Crippen LogP) is 4.93. The van der Waals surface area contributed by atoms with Crippen molar-refractivity contribution in [3.63, 3.8) is 0 Å². The minimum Gasteiger partial charge on any atom is -0.366 e. The normalized spacial score (nSPS) is 11.2. The van der Waals surface area contributed by atoms with E-state index < -0.39 is 17.5 Å². The summed E-state index contributed by atoms with van der Waals surface area (Å²) >= 11 is 0. The molecule has 0 saturated heterocycles. The summed E-state index contributed by atoms with van der Waals surface area (Å²) in [7, 11) is 0. The number of carbonyl (C=O) groups excluding carboxylic acids is 1. The highest BCUT2D eigenvalue weighted by molar-refractivity contribution is 5.98. The van der Waals surface area contributed by atoms with Crippen LogP contribution in [0.3, 0.4) is 0 Å². The summed E-state index contributed by atoms with van der Waals surface area (Å²) in [6.45, 7) is 0. The number of amides is 1. The Bertz CT molecular complexity index is 1440. The van der Waals surface area contributed by atoms with Crippen molar-refractivity contribution in [3.8, 4) is 33.6 Å². The first-order valence-corrected chi connectivity index (χ1v) is 9.29. The van der Waals surface area contributed by atoms with Crippen LogP contribution in [-0.4, -0.2) is 21.0 Å². The lowest BCUT2D eigenvalue weighted by Crippen LogP contribution is -2.10. The molecule has 6 nitrogen and oxygen atoms in total. The number of hydrogen-bond acceptors (Lipinski definition) is 4. The number of aromatic nitrogens is 3. The minimum absolute atomic E-state index is 0.0526. The maximum atomic E-state index is 14.4. The number of carbonyl (C=O) groups is 1. The van der Waals surface area contributed by atoms with Gasteiger partial charge in [0.25, 0.3) is 0 Å². The second-order valence-electron chi connectivity index (χ2n) is 6.93. The van der Waals surface area contributed by atoms with Gasteiger partial charge in [-0.15, -0.1) is 0 Å². The minimum atomic E-state index is -0.972. The summed E-state index contributed by atoms with van der Waals surface area (Å²) in [5, 5.41) is 4.51. The topological polar surface area (TPSA) is 97.8 Å². The van der Waals surface area contributed by atoms with Crippen LogP contribution in [0.4, 0.5) is 8.78 Å². The van der Waals surface area contributed by atoms with Crippen molar-refractivity contribution in [2.24, 2.45) is 5.73 Å². The first kappa shape index (κ1) is 18.7. The van der Waals surface area contributed by atoms with Crippen molar-refractivity contribution in [3.05, 3.63) is 84.3 Å². The zero-order valence-electron chi connectivity index (χ0n) is 15.9. The summed E-state index contributed by atoms with van der Waals surface area (Å²) in [6, 6.07) is 12.7. The third-order valence-electron chi connectivity index (χ3n) is 5.09. The second-order valence-corrected chi connectivity index (χ2v) is 6.93. The van der Waals surface area contributed by atoms with Crippen LogP contribution in [0.2, 0.25) is 0 Å². The molecule has 5 rings (SSSR count). The number of pyridine rings is 1. The fourth-order valence-corrected chi connectivity index (χ4v) is 3.51. The Morgan fingerprint density at radius 1 is 0.968 bits per heavy atom. The lowest BCUT2D eigenvalue weighted by Gasteiger charge is -2.05. The van der Waals surface area contributed by atoms with Gasteiger partial charge in [-0.1, -0.05) is 29.4 Å². The van der Waals surface area contributed by atoms with E-state index in [1.54, 1.807) is 36.7 Å². The first-order chi connectivity index (χ1) is 15.0. The van der Waals surface area contributed by atoms with E-state index in [4.69, 9.17) is 10.3 Å². The number of rotatable bonds is 4. The van der Waals surface area contributed by atoms with Crippen LogP contribution in [0.5, 0.6) is 0 Å². The van der Waals surface area contributed by atoms with E-state index in [9.17, 15) is 13.6 Å². The molecule has 0 unspecified atom stereocenters. The molecule has 3 N–H and O–H groups in total. The van der Waals surface area contributed by atoms with E-state index >= 15 is 0 Å². The Morgan fingerprint density at radius 2 is 1.77 bits per heavy atom. The molecule has 3 aromatic heterocycles. The molecular formula is C23H14F2N4O2. The monoisotopic (exact) mass is 416 g/mol. The van der Waals surface area contributed by atoms with Crippen molar-refractivity contribution in [2.75, 3.05) is 0 Å². The third-order valence-corrected chi connectivity index (χ3v) is 5.09. The zero-order chi connectivity index (χ0) is 21.5. The van der Waals surface area contributed by atoms with E-state index in [1.165, 1.54) is 18.3 Å². The van der Waals surface area contributed by atoms with Gasteiger partial charge in [-0.25, -0.2) is 13.8 Å². The molecule has 31 heavy (non-hydrogen) atoms. The standard InChI is InChI=1S/C23H14F2N4O2/c24-19-3-1-2-15(20(19)25)18-11-29-31-21(18)17-10-28-23-16(17)8-14(9-27-23)12-4-6-13(7-5-12)22(26)30/h1-11H,(H2,26,30)(H,27,28). The smallest absolute Gasteiger partial charge is 0.248 e. The van der Waals surface area contributed by atoms with Gasteiger partial charge in [-0.05, 0) is 29.8 Å². The molecule has 0 spiro atoms. The highest BCUT2D eigenvalue weighted by atomic mass is 19.2. The highest BCUT2D eigenvalue weighted by Gasteiger charge is 2.21. The van der Waals surface area contributed by atoms with Crippen LogP contribution < -0.4 is 5.73 Å². The summed E-state index contributed by atoms with van der Waals surface area (Å²) in [5.74, 6) is -2.14. The molecule has 0 radical (unpaired) electrons. The number of hydrogen-bond donors (Lipinski definition) is 2. The number of aromatic amines is 1. The maximum Gasteiger partial charge on any atom is 0.248 e. The molecule has 3 heterocycles. The number of nitrogens with zero attached hydrogens (tertiary/aromatic N) is 2. The summed E-state index contributed by atoms with van der Waals surface area (Å²) < 4.78 is 33.5. The molecule has 2 aromatic carbocycles. The molecule has 8 heteroatoms. The molecule has 5 aromatic rings. The van der Waals surface area contributed by atoms with Gasteiger partial charge in [0, 0.05) is 40.0 Å². The quantitative estimate of drug-likeness (QED) is 0.434. The molecule has 0 atom stereocenters. The first-order valence-electron chi connectivity index (χ1n) is 9.29. The zero-order valence-corrected chi connectivity index (χ0v) is 15.9. The van der Waals surface area contributed by atoms with Crippen molar-refractivity contribution < 1.29 is 18.1 Å². The fourth-order valence-electron chi connectivity index (χ4n) is 3.51. The van der Waals surface area contributed by atoms with Gasteiger partial charge in [-0.2, -0.15) is 0 Å². The Kier molecular flexibility index (Phi) is 4.32. The van der Waals surface area contributed by atoms with E-state index in [0.29, 0.717) is 33.5 Å². The number of nitrogens with two attached hydrogens (primary N) is 1. The number of fused-ring (bicyclic) bond motifs is 1. The van der Waals surface area contributed by atoms with E-state index in [0.717, 1.165) is 17.2 Å². The summed E-state index contributed by atoms with van der Waals surface area (Å²) in [6.07, 6.45) is 4.72. The average molecular weight is 416 g/mol. The van der Waals surface area contributed by atoms with Gasteiger partial charge in [0.05, 0.1) is 11.8 Å². The maximum absolute atomic E-state index is 14.4. The Balaban J connectivity index is 1.63. The van der Waals surface area contributed by atoms with Crippen LogP contribution in [0, 0.1) is 11.6 Å². The molecule has 0 aliphatic rings. The van der Waals surface area contributed by atoms with Crippen molar-refractivity contribution >= 4 is 16.9 Å². The fraction of sp³-hybridized carbons (Fsp3) is 0. The summed E-state index contributed by atoms with van der Waals surface area (Å²) in [5.41, 5.74) is 8.91. The molecule has 0 fully saturated rings. The second kappa shape index (κ2) is 7.17. The molecule has 0 saturated carbocycles. The Labute approximate surface area is 174 Å². The average Bonchev–Trinajstić information content (AvgIpc) is 3.42. The van der Waals surface area contributed by atoms with E-state index in [-0.39, 0.29) is 5.56 Å². The van der Waals surface area contributed by atoms with E-state index in [1.807, 2.05) is 6.07 Å². The van der Waals surface area contributed by atoms with Crippen molar-refractivity contribution in [1.82, 2.24) is 15.1 Å². The molecule has 152 valence electrons. The number of nitrogens with one attached hydrogen (secondary N) is 1. The van der Waals surface area contributed by atoms with Crippen LogP contribution >= 0.6 is 0 Å². The van der Waals surface area contributed by atoms with Crippen LogP contribution in [0.1, 0.15) is 10.4 Å². The molecular weight excluding hydrogens is 402 g/mol. The van der Waals surface area contributed by atoms with Gasteiger partial charge < -0.3 is 15.2 Å². The van der Waals surface area contributed by atoms with Crippen LogP contribution in [0.15, 0.2) is 71.6 Å². The summed E-state index contributed by atoms with van der Waals surface area (Å²) in [4.78, 5) is 18.8. The molecule has 1 amide bonds. The molecule has 0 aliphatic heterocycles. The number of halogens is 2. The van der Waals surface area contributed by atoms with Crippen LogP contribution in [-0.2, 0) is 0 Å². The van der Waals surface area contributed by atoms with Gasteiger partial charge in [0.15, 0.2) is 17.4 Å². The van der Waals surface area contributed by atoms with Crippen LogP contribution in [0.25, 0.3) is 44.6 Å². The van der Waals surface area contributed by atoms with Crippen molar-refractivity contribution in [2.45, 2.75) is 0 Å². The predicted molar refractivity (Wildman–Crippen MR) is 111 cm³/mol. The number of benzene rings is 2. The molecule has 0 bridgehead atoms. The van der Waals surface area contributed by atoms with Gasteiger partial charge in [0.2, 0.25) is 5.91 Å². The third kappa shape index (κ3) is 3.14. The van der Waals surface area contributed by atoms with Gasteiger partial charge in [-0.3, -0.25) is 4.79 Å². The Morgan fingerprint density at radius 3 is 2.55 bits per heavy atom. The largest absolute Gasteiger partial charge is 0.366 e. The lowest BCUT2D eigenvalue weighted by atomic mass is 10.00. The van der Waals surface area contributed by atoms with Gasteiger partial charge >= 0.3 is 0 Å². The Hall–Kier alpha value is -4.33. The SMILES string of the molecule is NC(=O)c1ccc(-c2cnc3[nH]cc(-c4oncc4-c4cccc(F)c4F)c3c2)cc1. The lowest BCUT2D eigenvalue weighted by molar-refractivity contribution is 0.100. The van der Waals surface area contributed by atoms with Crippen molar-refractivity contribution in [1.29, 1.82) is 0 Å².